The Morgan fingerprint density at radius 1 is 1.57 bits per heavy atom. The van der Waals surface area contributed by atoms with E-state index in [-0.39, 0.29) is 5.75 Å². The molecule has 1 aromatic heterocycles. The summed E-state index contributed by atoms with van der Waals surface area (Å²) in [5.74, 6) is 6.15. The molecule has 1 heterocycles. The highest BCUT2D eigenvalue weighted by Gasteiger charge is 2.07. The molecule has 74 valence electrons. The third-order valence-corrected chi connectivity index (χ3v) is 2.18. The third kappa shape index (κ3) is 1.18. The lowest BCUT2D eigenvalue weighted by Gasteiger charge is -2.03. The standard InChI is InChI=1S/C9H12N4O/c1-2-13-8-4-3-6(14)5-7(8)11-9(13)12-10/h3-5,14H,2,10H2,1H3,(H,11,12). The lowest BCUT2D eigenvalue weighted by molar-refractivity contribution is 0.476. The molecule has 2 rings (SSSR count). The number of fused-ring (bicyclic) bond motifs is 1. The van der Waals surface area contributed by atoms with E-state index >= 15 is 0 Å². The number of nitrogen functional groups attached to an aromatic ring is 1. The molecule has 4 N–H and O–H groups in total. The van der Waals surface area contributed by atoms with Crippen molar-refractivity contribution in [3.8, 4) is 5.75 Å². The number of imidazole rings is 1. The van der Waals surface area contributed by atoms with Crippen LogP contribution in [0.15, 0.2) is 18.2 Å². The summed E-state index contributed by atoms with van der Waals surface area (Å²) in [6, 6.07) is 5.07. The molecule has 0 aliphatic rings. The van der Waals surface area contributed by atoms with E-state index in [1.807, 2.05) is 17.6 Å². The van der Waals surface area contributed by atoms with E-state index in [0.717, 1.165) is 17.6 Å². The van der Waals surface area contributed by atoms with Crippen LogP contribution in [0.3, 0.4) is 0 Å². The van der Waals surface area contributed by atoms with Crippen LogP contribution in [0.5, 0.6) is 5.75 Å². The van der Waals surface area contributed by atoms with Gasteiger partial charge >= 0.3 is 0 Å². The lowest BCUT2D eigenvalue weighted by Crippen LogP contribution is -2.12. The maximum atomic E-state index is 9.27. The fourth-order valence-electron chi connectivity index (χ4n) is 1.55. The second-order valence-corrected chi connectivity index (χ2v) is 3.00. The molecule has 0 bridgehead atoms. The van der Waals surface area contributed by atoms with Crippen molar-refractivity contribution in [2.75, 3.05) is 5.43 Å². The zero-order chi connectivity index (χ0) is 10.1. The van der Waals surface area contributed by atoms with Gasteiger partial charge in [0.1, 0.15) is 5.75 Å². The second kappa shape index (κ2) is 3.19. The molecule has 0 radical (unpaired) electrons. The number of aryl methyl sites for hydroxylation is 1. The van der Waals surface area contributed by atoms with Gasteiger partial charge in [0.05, 0.1) is 11.0 Å². The number of hydrogen-bond donors (Lipinski definition) is 3. The smallest absolute Gasteiger partial charge is 0.218 e. The second-order valence-electron chi connectivity index (χ2n) is 3.00. The Balaban J connectivity index is 2.73. The molecule has 0 amide bonds. The molecule has 2 aromatic rings. The minimum Gasteiger partial charge on any atom is -0.508 e. The zero-order valence-corrected chi connectivity index (χ0v) is 7.86. The van der Waals surface area contributed by atoms with Crippen molar-refractivity contribution in [3.05, 3.63) is 18.2 Å². The Morgan fingerprint density at radius 3 is 3.00 bits per heavy atom. The normalized spacial score (nSPS) is 10.7. The number of phenols is 1. The van der Waals surface area contributed by atoms with Gasteiger partial charge in [0.2, 0.25) is 5.95 Å². The van der Waals surface area contributed by atoms with Crippen molar-refractivity contribution in [1.82, 2.24) is 9.55 Å². The van der Waals surface area contributed by atoms with Crippen LogP contribution >= 0.6 is 0 Å². The van der Waals surface area contributed by atoms with Crippen LogP contribution in [0.2, 0.25) is 0 Å². The number of nitrogens with one attached hydrogen (secondary N) is 1. The van der Waals surface area contributed by atoms with Gasteiger partial charge in [-0.3, -0.25) is 5.43 Å². The van der Waals surface area contributed by atoms with Crippen molar-refractivity contribution in [2.45, 2.75) is 13.5 Å². The maximum absolute atomic E-state index is 9.27. The van der Waals surface area contributed by atoms with E-state index in [0.29, 0.717) is 5.95 Å². The average Bonchev–Trinajstić information content (AvgIpc) is 2.54. The molecule has 0 saturated heterocycles. The zero-order valence-electron chi connectivity index (χ0n) is 7.86. The van der Waals surface area contributed by atoms with Gasteiger partial charge < -0.3 is 9.67 Å². The highest BCUT2D eigenvalue weighted by atomic mass is 16.3. The van der Waals surface area contributed by atoms with Gasteiger partial charge in [-0.15, -0.1) is 0 Å². The fraction of sp³-hybridized carbons (Fsp3) is 0.222. The molecule has 1 aromatic carbocycles. The number of benzene rings is 1. The molecule has 0 aliphatic carbocycles. The van der Waals surface area contributed by atoms with Gasteiger partial charge in [-0.25, -0.2) is 10.8 Å². The van der Waals surface area contributed by atoms with E-state index in [4.69, 9.17) is 5.84 Å². The van der Waals surface area contributed by atoms with Crippen molar-refractivity contribution in [2.24, 2.45) is 5.84 Å². The topological polar surface area (TPSA) is 76.1 Å². The lowest BCUT2D eigenvalue weighted by atomic mass is 10.3. The summed E-state index contributed by atoms with van der Waals surface area (Å²) in [4.78, 5) is 4.23. The molecule has 0 unspecified atom stereocenters. The van der Waals surface area contributed by atoms with Crippen molar-refractivity contribution >= 4 is 17.0 Å². The number of rotatable bonds is 2. The summed E-state index contributed by atoms with van der Waals surface area (Å²) in [6.07, 6.45) is 0. The molecule has 5 heteroatoms. The number of anilines is 1. The predicted molar refractivity (Wildman–Crippen MR) is 54.9 cm³/mol. The molecular formula is C9H12N4O. The number of aromatic nitrogens is 2. The van der Waals surface area contributed by atoms with Gasteiger partial charge in [-0.1, -0.05) is 0 Å². The van der Waals surface area contributed by atoms with Crippen LogP contribution in [-0.2, 0) is 6.54 Å². The Bertz CT molecular complexity index is 463. The number of phenolic OH excluding ortho intramolecular Hbond substituents is 1. The molecule has 0 fully saturated rings. The van der Waals surface area contributed by atoms with Gasteiger partial charge in [0, 0.05) is 12.6 Å². The molecule has 0 aliphatic heterocycles. The first-order valence-electron chi connectivity index (χ1n) is 4.42. The van der Waals surface area contributed by atoms with Gasteiger partial charge in [-0.2, -0.15) is 0 Å². The molecule has 14 heavy (non-hydrogen) atoms. The highest BCUT2D eigenvalue weighted by Crippen LogP contribution is 2.22. The summed E-state index contributed by atoms with van der Waals surface area (Å²) in [5, 5.41) is 9.27. The SMILES string of the molecule is CCn1c(NN)nc2cc(O)ccc21. The Hall–Kier alpha value is -1.75. The number of nitrogens with two attached hydrogens (primary N) is 1. The number of nitrogens with zero attached hydrogens (tertiary/aromatic N) is 2. The van der Waals surface area contributed by atoms with Gasteiger partial charge in [0.15, 0.2) is 0 Å². The van der Waals surface area contributed by atoms with Crippen LogP contribution < -0.4 is 11.3 Å². The van der Waals surface area contributed by atoms with E-state index in [1.54, 1.807) is 12.1 Å². The monoisotopic (exact) mass is 192 g/mol. The Kier molecular flexibility index (Phi) is 2.01. The number of aromatic hydroxyl groups is 1. The Labute approximate surface area is 81.1 Å². The van der Waals surface area contributed by atoms with Crippen LogP contribution in [0, 0.1) is 0 Å². The van der Waals surface area contributed by atoms with E-state index in [2.05, 4.69) is 10.4 Å². The quantitative estimate of drug-likeness (QED) is 0.491. The fourth-order valence-corrected chi connectivity index (χ4v) is 1.55. The van der Waals surface area contributed by atoms with E-state index in [1.165, 1.54) is 0 Å². The van der Waals surface area contributed by atoms with Crippen LogP contribution in [0.25, 0.3) is 11.0 Å². The van der Waals surface area contributed by atoms with Crippen molar-refractivity contribution in [3.63, 3.8) is 0 Å². The summed E-state index contributed by atoms with van der Waals surface area (Å²) >= 11 is 0. The van der Waals surface area contributed by atoms with E-state index in [9.17, 15) is 5.11 Å². The van der Waals surface area contributed by atoms with Crippen LogP contribution in [0.1, 0.15) is 6.92 Å². The first kappa shape index (κ1) is 8.83. The minimum atomic E-state index is 0.210. The molecular weight excluding hydrogens is 180 g/mol. The van der Waals surface area contributed by atoms with Crippen molar-refractivity contribution in [1.29, 1.82) is 0 Å². The van der Waals surface area contributed by atoms with Crippen LogP contribution in [-0.4, -0.2) is 14.7 Å². The summed E-state index contributed by atoms with van der Waals surface area (Å²) in [6.45, 7) is 2.79. The summed E-state index contributed by atoms with van der Waals surface area (Å²) in [7, 11) is 0. The predicted octanol–water partition coefficient (Wildman–Crippen LogP) is 1.05. The molecule has 0 spiro atoms. The van der Waals surface area contributed by atoms with Crippen LogP contribution in [0.4, 0.5) is 5.95 Å². The highest BCUT2D eigenvalue weighted by molar-refractivity contribution is 5.80. The minimum absolute atomic E-state index is 0.210. The largest absolute Gasteiger partial charge is 0.508 e. The number of hydrazine groups is 1. The summed E-state index contributed by atoms with van der Waals surface area (Å²) < 4.78 is 1.94. The molecule has 0 saturated carbocycles. The Morgan fingerprint density at radius 2 is 2.36 bits per heavy atom. The third-order valence-electron chi connectivity index (χ3n) is 2.18. The van der Waals surface area contributed by atoms with E-state index < -0.39 is 0 Å². The number of hydrogen-bond acceptors (Lipinski definition) is 4. The molecule has 0 atom stereocenters. The van der Waals surface area contributed by atoms with Gasteiger partial charge in [0.25, 0.3) is 0 Å². The van der Waals surface area contributed by atoms with Gasteiger partial charge in [-0.05, 0) is 19.1 Å². The first-order valence-corrected chi connectivity index (χ1v) is 4.42. The van der Waals surface area contributed by atoms with Crippen molar-refractivity contribution < 1.29 is 5.11 Å². The molecule has 5 nitrogen and oxygen atoms in total. The first-order chi connectivity index (χ1) is 6.76. The maximum Gasteiger partial charge on any atom is 0.218 e. The summed E-state index contributed by atoms with van der Waals surface area (Å²) in [5.41, 5.74) is 4.22. The average molecular weight is 192 g/mol.